The standard InChI is InChI=1S/C29H37N3/c1-4-22-13-9-14-23(5-2)29(22)28-17-26(18-30)27(21(3)31-28)20-32-16-10-15-25(19-32)24-11-7-6-8-12-24/h6-9,11-14,17,25H,4-5,10,15-16,18-20,30H2,1-3H3. The van der Waals surface area contributed by atoms with Gasteiger partial charge in [0.25, 0.3) is 0 Å². The van der Waals surface area contributed by atoms with Crippen molar-refractivity contribution in [2.45, 2.75) is 65.5 Å². The first kappa shape index (κ1) is 22.7. The van der Waals surface area contributed by atoms with E-state index >= 15 is 0 Å². The van der Waals surface area contributed by atoms with Gasteiger partial charge in [0.2, 0.25) is 0 Å². The number of hydrogen-bond donors (Lipinski definition) is 1. The van der Waals surface area contributed by atoms with E-state index in [4.69, 9.17) is 10.7 Å². The smallest absolute Gasteiger partial charge is 0.0714 e. The van der Waals surface area contributed by atoms with E-state index < -0.39 is 0 Å². The Balaban J connectivity index is 1.63. The number of aromatic nitrogens is 1. The van der Waals surface area contributed by atoms with Gasteiger partial charge in [-0.2, -0.15) is 0 Å². The van der Waals surface area contributed by atoms with Gasteiger partial charge in [-0.15, -0.1) is 0 Å². The highest BCUT2D eigenvalue weighted by atomic mass is 15.1. The van der Waals surface area contributed by atoms with Gasteiger partial charge in [0, 0.05) is 30.9 Å². The third-order valence-corrected chi connectivity index (χ3v) is 7.06. The van der Waals surface area contributed by atoms with Crippen molar-refractivity contribution >= 4 is 0 Å². The summed E-state index contributed by atoms with van der Waals surface area (Å²) in [5.41, 5.74) is 16.6. The Morgan fingerprint density at radius 3 is 2.34 bits per heavy atom. The SMILES string of the molecule is CCc1cccc(CC)c1-c1cc(CN)c(CN2CCCC(c3ccccc3)C2)c(C)n1. The highest BCUT2D eigenvalue weighted by Gasteiger charge is 2.23. The highest BCUT2D eigenvalue weighted by molar-refractivity contribution is 5.69. The zero-order valence-electron chi connectivity index (χ0n) is 19.9. The molecule has 1 atom stereocenters. The van der Waals surface area contributed by atoms with E-state index in [-0.39, 0.29) is 0 Å². The minimum Gasteiger partial charge on any atom is -0.326 e. The summed E-state index contributed by atoms with van der Waals surface area (Å²) in [7, 11) is 0. The minimum atomic E-state index is 0.553. The molecule has 2 heterocycles. The maximum absolute atomic E-state index is 6.28. The van der Waals surface area contributed by atoms with E-state index in [1.807, 2.05) is 0 Å². The van der Waals surface area contributed by atoms with E-state index in [9.17, 15) is 0 Å². The molecule has 2 aromatic carbocycles. The van der Waals surface area contributed by atoms with E-state index in [0.717, 1.165) is 43.9 Å². The Hall–Kier alpha value is -2.49. The fourth-order valence-electron chi connectivity index (χ4n) is 5.28. The molecule has 3 heteroatoms. The summed E-state index contributed by atoms with van der Waals surface area (Å²) in [6.07, 6.45) is 4.54. The molecule has 2 N–H and O–H groups in total. The van der Waals surface area contributed by atoms with Crippen LogP contribution in [0, 0.1) is 6.92 Å². The second-order valence-electron chi connectivity index (χ2n) is 9.08. The van der Waals surface area contributed by atoms with Crippen LogP contribution < -0.4 is 5.73 Å². The van der Waals surface area contributed by atoms with E-state index in [0.29, 0.717) is 12.5 Å². The normalized spacial score (nSPS) is 16.9. The molecule has 3 aromatic rings. The van der Waals surface area contributed by atoms with Gasteiger partial charge in [-0.05, 0) is 79.0 Å². The van der Waals surface area contributed by atoms with Crippen molar-refractivity contribution in [2.24, 2.45) is 5.73 Å². The molecule has 0 radical (unpaired) electrons. The van der Waals surface area contributed by atoms with Crippen molar-refractivity contribution in [2.75, 3.05) is 13.1 Å². The second-order valence-corrected chi connectivity index (χ2v) is 9.08. The lowest BCUT2D eigenvalue weighted by Gasteiger charge is -2.34. The molecule has 168 valence electrons. The summed E-state index contributed by atoms with van der Waals surface area (Å²) in [5, 5.41) is 0. The van der Waals surface area contributed by atoms with Gasteiger partial charge in [-0.1, -0.05) is 62.4 Å². The predicted octanol–water partition coefficient (Wildman–Crippen LogP) is 6.02. The predicted molar refractivity (Wildman–Crippen MR) is 135 cm³/mol. The number of nitrogens with zero attached hydrogens (tertiary/aromatic N) is 2. The largest absolute Gasteiger partial charge is 0.326 e. The fraction of sp³-hybridized carbons (Fsp3) is 0.414. The van der Waals surface area contributed by atoms with Gasteiger partial charge in [-0.3, -0.25) is 9.88 Å². The summed E-state index contributed by atoms with van der Waals surface area (Å²) in [6, 6.07) is 19.9. The van der Waals surface area contributed by atoms with Crippen molar-refractivity contribution < 1.29 is 0 Å². The molecule has 1 aliphatic rings. The lowest BCUT2D eigenvalue weighted by molar-refractivity contribution is 0.199. The van der Waals surface area contributed by atoms with E-state index in [2.05, 4.69) is 80.3 Å². The minimum absolute atomic E-state index is 0.553. The highest BCUT2D eigenvalue weighted by Crippen LogP contribution is 2.32. The topological polar surface area (TPSA) is 42.1 Å². The molecule has 1 fully saturated rings. The molecule has 0 bridgehead atoms. The molecule has 3 nitrogen and oxygen atoms in total. The van der Waals surface area contributed by atoms with Crippen LogP contribution in [0.1, 0.15) is 66.1 Å². The summed E-state index contributed by atoms with van der Waals surface area (Å²) in [5.74, 6) is 0.613. The molecular weight excluding hydrogens is 390 g/mol. The van der Waals surface area contributed by atoms with Crippen LogP contribution in [0.3, 0.4) is 0 Å². The van der Waals surface area contributed by atoms with Crippen LogP contribution in [0.15, 0.2) is 54.6 Å². The molecular formula is C29H37N3. The van der Waals surface area contributed by atoms with Crippen LogP contribution in [0.2, 0.25) is 0 Å². The van der Waals surface area contributed by atoms with Crippen molar-refractivity contribution in [3.63, 3.8) is 0 Å². The van der Waals surface area contributed by atoms with Gasteiger partial charge < -0.3 is 5.73 Å². The molecule has 0 aliphatic carbocycles. The zero-order valence-corrected chi connectivity index (χ0v) is 19.9. The van der Waals surface area contributed by atoms with Crippen molar-refractivity contribution in [1.82, 2.24) is 9.88 Å². The third-order valence-electron chi connectivity index (χ3n) is 7.06. The van der Waals surface area contributed by atoms with Crippen LogP contribution in [0.25, 0.3) is 11.3 Å². The Morgan fingerprint density at radius 1 is 0.969 bits per heavy atom. The van der Waals surface area contributed by atoms with Gasteiger partial charge in [0.1, 0.15) is 0 Å². The van der Waals surface area contributed by atoms with Crippen molar-refractivity contribution in [1.29, 1.82) is 0 Å². The Kier molecular flexibility index (Phi) is 7.39. The first-order valence-corrected chi connectivity index (χ1v) is 12.2. The zero-order chi connectivity index (χ0) is 22.5. The van der Waals surface area contributed by atoms with Crippen LogP contribution in [-0.2, 0) is 25.9 Å². The van der Waals surface area contributed by atoms with Gasteiger partial charge in [0.05, 0.1) is 5.69 Å². The maximum Gasteiger partial charge on any atom is 0.0714 e. The van der Waals surface area contributed by atoms with Crippen LogP contribution in [0.4, 0.5) is 0 Å². The number of likely N-dealkylation sites (tertiary alicyclic amines) is 1. The fourth-order valence-corrected chi connectivity index (χ4v) is 5.28. The molecule has 1 aromatic heterocycles. The first-order chi connectivity index (χ1) is 15.6. The van der Waals surface area contributed by atoms with Gasteiger partial charge in [0.15, 0.2) is 0 Å². The van der Waals surface area contributed by atoms with Crippen LogP contribution in [0.5, 0.6) is 0 Å². The van der Waals surface area contributed by atoms with E-state index in [1.54, 1.807) is 0 Å². The molecule has 1 unspecified atom stereocenters. The van der Waals surface area contributed by atoms with Crippen molar-refractivity contribution in [3.05, 3.63) is 88.1 Å². The number of nitrogens with two attached hydrogens (primary N) is 1. The summed E-state index contributed by atoms with van der Waals surface area (Å²) in [4.78, 5) is 7.73. The van der Waals surface area contributed by atoms with Crippen LogP contribution in [-0.4, -0.2) is 23.0 Å². The third kappa shape index (κ3) is 4.79. The summed E-state index contributed by atoms with van der Waals surface area (Å²) < 4.78 is 0. The Labute approximate surface area is 193 Å². The number of hydrogen-bond acceptors (Lipinski definition) is 3. The second kappa shape index (κ2) is 10.4. The quantitative estimate of drug-likeness (QED) is 0.501. The van der Waals surface area contributed by atoms with Crippen molar-refractivity contribution in [3.8, 4) is 11.3 Å². The number of aryl methyl sites for hydroxylation is 3. The molecule has 0 spiro atoms. The van der Waals surface area contributed by atoms with E-state index in [1.165, 1.54) is 46.2 Å². The van der Waals surface area contributed by atoms with Gasteiger partial charge >= 0.3 is 0 Å². The molecule has 0 saturated carbocycles. The first-order valence-electron chi connectivity index (χ1n) is 12.2. The monoisotopic (exact) mass is 427 g/mol. The summed E-state index contributed by atoms with van der Waals surface area (Å²) >= 11 is 0. The Bertz CT molecular complexity index is 1020. The number of piperidine rings is 1. The molecule has 1 saturated heterocycles. The summed E-state index contributed by atoms with van der Waals surface area (Å²) in [6.45, 7) is 10.4. The average molecular weight is 428 g/mol. The molecule has 1 aliphatic heterocycles. The number of rotatable bonds is 7. The lowest BCUT2D eigenvalue weighted by Crippen LogP contribution is -2.34. The number of benzene rings is 2. The molecule has 32 heavy (non-hydrogen) atoms. The molecule has 4 rings (SSSR count). The number of pyridine rings is 1. The Morgan fingerprint density at radius 2 is 1.69 bits per heavy atom. The van der Waals surface area contributed by atoms with Gasteiger partial charge in [-0.25, -0.2) is 0 Å². The molecule has 0 amide bonds. The average Bonchev–Trinajstić information content (AvgIpc) is 2.85. The maximum atomic E-state index is 6.28. The lowest BCUT2D eigenvalue weighted by atomic mass is 9.90. The van der Waals surface area contributed by atoms with Crippen LogP contribution >= 0.6 is 0 Å².